The standard InChI is InChI=1S/C23H28N4O4/c1-15(2)20(25-21(28)17-7-6-8-19(13-17)27(30)31)22(29)26-24-14-16-9-11-18(12-10-16)23(3,4)5/h6-15,20H,1-5H3,(H,25,28)(H,26,29)/b24-14+. The maximum Gasteiger partial charge on any atom is 0.270 e. The number of carbonyl (C=O) groups is 2. The average molecular weight is 425 g/mol. The van der Waals surface area contributed by atoms with Crippen LogP contribution in [0.25, 0.3) is 0 Å². The fraction of sp³-hybridized carbons (Fsp3) is 0.348. The Kier molecular flexibility index (Phi) is 7.63. The van der Waals surface area contributed by atoms with Crippen molar-refractivity contribution in [2.75, 3.05) is 0 Å². The lowest BCUT2D eigenvalue weighted by Gasteiger charge is -2.20. The first-order chi connectivity index (χ1) is 14.5. The van der Waals surface area contributed by atoms with Crippen molar-refractivity contribution in [3.8, 4) is 0 Å². The number of nitrogens with one attached hydrogen (secondary N) is 2. The minimum atomic E-state index is -0.854. The Hall–Kier alpha value is -3.55. The molecule has 0 fully saturated rings. The summed E-state index contributed by atoms with van der Waals surface area (Å²) in [4.78, 5) is 35.4. The first kappa shape index (κ1) is 23.7. The van der Waals surface area contributed by atoms with Crippen LogP contribution in [-0.2, 0) is 10.2 Å². The third-order valence-corrected chi connectivity index (χ3v) is 4.72. The first-order valence-electron chi connectivity index (χ1n) is 9.98. The van der Waals surface area contributed by atoms with Crippen LogP contribution < -0.4 is 10.7 Å². The highest BCUT2D eigenvalue weighted by molar-refractivity contribution is 5.98. The number of non-ortho nitro benzene ring substituents is 1. The highest BCUT2D eigenvalue weighted by Gasteiger charge is 2.25. The molecule has 0 aliphatic carbocycles. The summed E-state index contributed by atoms with van der Waals surface area (Å²) in [6.45, 7) is 9.96. The summed E-state index contributed by atoms with van der Waals surface area (Å²) in [5.74, 6) is -1.26. The van der Waals surface area contributed by atoms with Crippen molar-refractivity contribution in [1.82, 2.24) is 10.7 Å². The van der Waals surface area contributed by atoms with Crippen LogP contribution in [0.3, 0.4) is 0 Å². The van der Waals surface area contributed by atoms with Gasteiger partial charge in [0, 0.05) is 17.7 Å². The zero-order chi connectivity index (χ0) is 23.2. The maximum atomic E-state index is 12.6. The summed E-state index contributed by atoms with van der Waals surface area (Å²) in [5.41, 5.74) is 4.43. The molecular formula is C23H28N4O4. The number of nitro groups is 1. The lowest BCUT2D eigenvalue weighted by molar-refractivity contribution is -0.384. The molecule has 2 rings (SSSR count). The van der Waals surface area contributed by atoms with Gasteiger partial charge in [-0.3, -0.25) is 19.7 Å². The fourth-order valence-electron chi connectivity index (χ4n) is 2.83. The van der Waals surface area contributed by atoms with Crippen LogP contribution in [-0.4, -0.2) is 29.0 Å². The lowest BCUT2D eigenvalue weighted by atomic mass is 9.87. The molecule has 0 bridgehead atoms. The second kappa shape index (κ2) is 9.97. The van der Waals surface area contributed by atoms with Gasteiger partial charge < -0.3 is 5.32 Å². The normalized spacial score (nSPS) is 12.6. The Labute approximate surface area is 181 Å². The molecule has 2 aromatic rings. The van der Waals surface area contributed by atoms with Gasteiger partial charge in [-0.25, -0.2) is 5.43 Å². The molecule has 0 heterocycles. The molecule has 31 heavy (non-hydrogen) atoms. The lowest BCUT2D eigenvalue weighted by Crippen LogP contribution is -2.48. The number of nitrogens with zero attached hydrogens (tertiary/aromatic N) is 2. The van der Waals surface area contributed by atoms with Crippen LogP contribution in [0.1, 0.15) is 56.1 Å². The van der Waals surface area contributed by atoms with Crippen LogP contribution in [0.4, 0.5) is 5.69 Å². The van der Waals surface area contributed by atoms with Crippen molar-refractivity contribution >= 4 is 23.7 Å². The molecule has 8 nitrogen and oxygen atoms in total. The quantitative estimate of drug-likeness (QED) is 0.400. The maximum absolute atomic E-state index is 12.6. The Morgan fingerprint density at radius 2 is 1.74 bits per heavy atom. The van der Waals surface area contributed by atoms with Crippen LogP contribution in [0.5, 0.6) is 0 Å². The van der Waals surface area contributed by atoms with E-state index in [2.05, 4.69) is 36.6 Å². The van der Waals surface area contributed by atoms with Gasteiger partial charge in [0.05, 0.1) is 11.1 Å². The van der Waals surface area contributed by atoms with Crippen molar-refractivity contribution < 1.29 is 14.5 Å². The van der Waals surface area contributed by atoms with E-state index >= 15 is 0 Å². The van der Waals surface area contributed by atoms with E-state index in [1.165, 1.54) is 36.0 Å². The number of benzene rings is 2. The number of rotatable bonds is 7. The number of carbonyl (C=O) groups excluding carboxylic acids is 2. The van der Waals surface area contributed by atoms with Gasteiger partial charge in [-0.1, -0.05) is 65.0 Å². The number of nitro benzene ring substituents is 1. The molecule has 164 valence electrons. The molecule has 0 aliphatic heterocycles. The minimum Gasteiger partial charge on any atom is -0.340 e. The number of hydrazone groups is 1. The molecule has 0 aromatic heterocycles. The van der Waals surface area contributed by atoms with E-state index in [0.717, 1.165) is 5.56 Å². The van der Waals surface area contributed by atoms with Crippen LogP contribution in [0.2, 0.25) is 0 Å². The highest BCUT2D eigenvalue weighted by atomic mass is 16.6. The van der Waals surface area contributed by atoms with Crippen LogP contribution in [0, 0.1) is 16.0 Å². The zero-order valence-electron chi connectivity index (χ0n) is 18.4. The topological polar surface area (TPSA) is 114 Å². The summed E-state index contributed by atoms with van der Waals surface area (Å²) in [6, 6.07) is 12.4. The summed E-state index contributed by atoms with van der Waals surface area (Å²) >= 11 is 0. The van der Waals surface area contributed by atoms with E-state index in [1.807, 2.05) is 24.3 Å². The minimum absolute atomic E-state index is 0.0474. The Balaban J connectivity index is 2.03. The van der Waals surface area contributed by atoms with E-state index in [1.54, 1.807) is 13.8 Å². The van der Waals surface area contributed by atoms with E-state index in [4.69, 9.17) is 0 Å². The molecule has 0 spiro atoms. The van der Waals surface area contributed by atoms with E-state index in [9.17, 15) is 19.7 Å². The molecule has 2 N–H and O–H groups in total. The van der Waals surface area contributed by atoms with Gasteiger partial charge in [0.2, 0.25) is 0 Å². The summed E-state index contributed by atoms with van der Waals surface area (Å²) < 4.78 is 0. The summed E-state index contributed by atoms with van der Waals surface area (Å²) in [6.07, 6.45) is 1.53. The molecule has 8 heteroatoms. The second-order valence-electron chi connectivity index (χ2n) is 8.61. The van der Waals surface area contributed by atoms with E-state index in [0.29, 0.717) is 0 Å². The highest BCUT2D eigenvalue weighted by Crippen LogP contribution is 2.21. The second-order valence-corrected chi connectivity index (χ2v) is 8.61. The predicted molar refractivity (Wildman–Crippen MR) is 120 cm³/mol. The average Bonchev–Trinajstić information content (AvgIpc) is 2.71. The zero-order valence-corrected chi connectivity index (χ0v) is 18.4. The number of hydrogen-bond donors (Lipinski definition) is 2. The van der Waals surface area contributed by atoms with E-state index in [-0.39, 0.29) is 22.6 Å². The van der Waals surface area contributed by atoms with Crippen molar-refractivity contribution in [3.05, 3.63) is 75.3 Å². The molecule has 2 aromatic carbocycles. The van der Waals surface area contributed by atoms with Gasteiger partial charge in [0.25, 0.3) is 17.5 Å². The summed E-state index contributed by atoms with van der Waals surface area (Å²) in [7, 11) is 0. The monoisotopic (exact) mass is 424 g/mol. The molecule has 0 saturated heterocycles. The Bertz CT molecular complexity index is 976. The van der Waals surface area contributed by atoms with Gasteiger partial charge in [-0.15, -0.1) is 0 Å². The molecule has 0 saturated carbocycles. The van der Waals surface area contributed by atoms with Gasteiger partial charge in [-0.2, -0.15) is 5.10 Å². The SMILES string of the molecule is CC(C)C(NC(=O)c1cccc([N+](=O)[O-])c1)C(=O)N/N=C/c1ccc(C(C)(C)C)cc1. The number of hydrogen-bond acceptors (Lipinski definition) is 5. The molecular weight excluding hydrogens is 396 g/mol. The molecule has 1 atom stereocenters. The van der Waals surface area contributed by atoms with Gasteiger partial charge >= 0.3 is 0 Å². The van der Waals surface area contributed by atoms with Crippen molar-refractivity contribution in [1.29, 1.82) is 0 Å². The largest absolute Gasteiger partial charge is 0.340 e. The molecule has 2 amide bonds. The third kappa shape index (κ3) is 6.74. The van der Waals surface area contributed by atoms with Crippen molar-refractivity contribution in [2.24, 2.45) is 11.0 Å². The van der Waals surface area contributed by atoms with E-state index < -0.39 is 22.8 Å². The number of amides is 2. The predicted octanol–water partition coefficient (Wildman–Crippen LogP) is 3.80. The van der Waals surface area contributed by atoms with Gasteiger partial charge in [0.15, 0.2) is 0 Å². The van der Waals surface area contributed by atoms with Gasteiger partial charge in [-0.05, 0) is 28.5 Å². The third-order valence-electron chi connectivity index (χ3n) is 4.72. The van der Waals surface area contributed by atoms with Crippen molar-refractivity contribution in [2.45, 2.75) is 46.1 Å². The molecule has 0 aliphatic rings. The Morgan fingerprint density at radius 3 is 2.29 bits per heavy atom. The summed E-state index contributed by atoms with van der Waals surface area (Å²) in [5, 5.41) is 17.5. The fourth-order valence-corrected chi connectivity index (χ4v) is 2.83. The Morgan fingerprint density at radius 1 is 1.10 bits per heavy atom. The smallest absolute Gasteiger partial charge is 0.270 e. The van der Waals surface area contributed by atoms with Crippen LogP contribution >= 0.6 is 0 Å². The first-order valence-corrected chi connectivity index (χ1v) is 9.98. The molecule has 1 unspecified atom stereocenters. The van der Waals surface area contributed by atoms with Crippen molar-refractivity contribution in [3.63, 3.8) is 0 Å². The van der Waals surface area contributed by atoms with Crippen LogP contribution in [0.15, 0.2) is 53.6 Å². The van der Waals surface area contributed by atoms with Gasteiger partial charge in [0.1, 0.15) is 6.04 Å². The molecule has 0 radical (unpaired) electrons.